The Morgan fingerprint density at radius 3 is 2.97 bits per heavy atom. The molecule has 3 aliphatic rings. The molecule has 0 bridgehead atoms. The number of amides is 1. The summed E-state index contributed by atoms with van der Waals surface area (Å²) in [5.74, 6) is 1.62. The van der Waals surface area contributed by atoms with E-state index in [1.54, 1.807) is 0 Å². The van der Waals surface area contributed by atoms with Crippen molar-refractivity contribution >= 4 is 35.8 Å². The van der Waals surface area contributed by atoms with Crippen molar-refractivity contribution in [3.05, 3.63) is 29.8 Å². The third-order valence-electron chi connectivity index (χ3n) is 5.88. The minimum Gasteiger partial charge on any atom is -0.484 e. The van der Waals surface area contributed by atoms with Crippen LogP contribution in [0.2, 0.25) is 0 Å². The summed E-state index contributed by atoms with van der Waals surface area (Å²) in [4.78, 5) is 19.0. The summed E-state index contributed by atoms with van der Waals surface area (Å²) in [5, 5.41) is 6.37. The van der Waals surface area contributed by atoms with Gasteiger partial charge in [0.15, 0.2) is 12.6 Å². The maximum absolute atomic E-state index is 11.8. The average Bonchev–Trinajstić information content (AvgIpc) is 3.26. The van der Waals surface area contributed by atoms with E-state index in [9.17, 15) is 4.79 Å². The van der Waals surface area contributed by atoms with Crippen molar-refractivity contribution in [2.75, 3.05) is 39.5 Å². The third kappa shape index (κ3) is 6.23. The van der Waals surface area contributed by atoms with Gasteiger partial charge in [-0.15, -0.1) is 24.0 Å². The molecule has 30 heavy (non-hydrogen) atoms. The lowest BCUT2D eigenvalue weighted by atomic mass is 9.87. The molecule has 1 aromatic carbocycles. The van der Waals surface area contributed by atoms with Gasteiger partial charge in [-0.2, -0.15) is 0 Å². The molecule has 1 amide bonds. The molecule has 1 atom stereocenters. The zero-order valence-corrected chi connectivity index (χ0v) is 20.0. The van der Waals surface area contributed by atoms with Gasteiger partial charge < -0.3 is 25.0 Å². The van der Waals surface area contributed by atoms with Crippen LogP contribution in [0, 0.1) is 5.41 Å². The Hall–Kier alpha value is -1.55. The van der Waals surface area contributed by atoms with Crippen molar-refractivity contribution in [1.82, 2.24) is 15.5 Å². The molecule has 0 aromatic heterocycles. The smallest absolute Gasteiger partial charge is 0.258 e. The highest BCUT2D eigenvalue weighted by atomic mass is 127. The molecule has 3 fully saturated rings. The minimum atomic E-state index is -0.0517. The summed E-state index contributed by atoms with van der Waals surface area (Å²) in [6.45, 7) is 7.37. The number of guanidine groups is 1. The first-order chi connectivity index (χ1) is 14.2. The zero-order chi connectivity index (χ0) is 20.1. The van der Waals surface area contributed by atoms with Crippen LogP contribution < -0.4 is 15.4 Å². The van der Waals surface area contributed by atoms with E-state index in [2.05, 4.69) is 22.5 Å². The highest BCUT2D eigenvalue weighted by Crippen LogP contribution is 2.38. The van der Waals surface area contributed by atoms with Crippen molar-refractivity contribution in [3.63, 3.8) is 0 Å². The van der Waals surface area contributed by atoms with E-state index in [0.29, 0.717) is 23.8 Å². The molecule has 1 unspecified atom stereocenters. The largest absolute Gasteiger partial charge is 0.484 e. The number of ether oxygens (including phenoxy) is 2. The molecule has 8 heteroatoms. The van der Waals surface area contributed by atoms with Crippen LogP contribution in [0.5, 0.6) is 5.75 Å². The van der Waals surface area contributed by atoms with Crippen LogP contribution in [0.3, 0.4) is 0 Å². The summed E-state index contributed by atoms with van der Waals surface area (Å²) in [7, 11) is 0. The van der Waals surface area contributed by atoms with Crippen LogP contribution in [0.1, 0.15) is 38.2 Å². The molecule has 7 nitrogen and oxygen atoms in total. The lowest BCUT2D eigenvalue weighted by Crippen LogP contribution is -2.41. The first-order valence-electron chi connectivity index (χ1n) is 10.8. The summed E-state index contributed by atoms with van der Waals surface area (Å²) in [5.41, 5.74) is 1.38. The molecule has 2 N–H and O–H groups in total. The molecule has 2 saturated heterocycles. The molecule has 1 spiro atoms. The number of hydrogen-bond acceptors (Lipinski definition) is 4. The number of nitrogens with one attached hydrogen (secondary N) is 2. The second kappa shape index (κ2) is 10.7. The number of carbonyl (C=O) groups excluding carboxylic acids is 1. The van der Waals surface area contributed by atoms with E-state index in [0.717, 1.165) is 63.6 Å². The number of benzene rings is 1. The molecule has 2 heterocycles. The Bertz CT molecular complexity index is 748. The summed E-state index contributed by atoms with van der Waals surface area (Å²) in [6.07, 6.45) is 4.48. The van der Waals surface area contributed by atoms with Gasteiger partial charge >= 0.3 is 0 Å². The normalized spacial score (nSPS) is 23.4. The Balaban J connectivity index is 0.00000256. The maximum Gasteiger partial charge on any atom is 0.258 e. The van der Waals surface area contributed by atoms with Crippen LogP contribution in [0.15, 0.2) is 29.3 Å². The van der Waals surface area contributed by atoms with Gasteiger partial charge in [-0.1, -0.05) is 12.1 Å². The molecule has 1 aliphatic carbocycles. The zero-order valence-electron chi connectivity index (χ0n) is 17.7. The van der Waals surface area contributed by atoms with Gasteiger partial charge in [-0.05, 0) is 50.3 Å². The van der Waals surface area contributed by atoms with E-state index < -0.39 is 0 Å². The van der Waals surface area contributed by atoms with E-state index in [4.69, 9.17) is 14.5 Å². The number of aliphatic imine (C=N–C) groups is 1. The van der Waals surface area contributed by atoms with Crippen molar-refractivity contribution in [3.8, 4) is 5.75 Å². The number of hydrogen-bond donors (Lipinski definition) is 2. The molecular formula is C22H33IN4O3. The lowest BCUT2D eigenvalue weighted by molar-refractivity contribution is -0.123. The van der Waals surface area contributed by atoms with Gasteiger partial charge in [0, 0.05) is 37.7 Å². The van der Waals surface area contributed by atoms with E-state index in [1.807, 2.05) is 24.3 Å². The number of carbonyl (C=O) groups is 1. The fraction of sp³-hybridized carbons (Fsp3) is 0.636. The van der Waals surface area contributed by atoms with Crippen molar-refractivity contribution in [1.29, 1.82) is 0 Å². The summed E-state index contributed by atoms with van der Waals surface area (Å²) >= 11 is 0. The van der Waals surface area contributed by atoms with Gasteiger partial charge in [0.1, 0.15) is 5.75 Å². The van der Waals surface area contributed by atoms with Crippen molar-refractivity contribution in [2.45, 2.75) is 45.2 Å². The second-order valence-corrected chi connectivity index (χ2v) is 8.42. The number of nitrogens with zero attached hydrogens (tertiary/aromatic N) is 2. The lowest BCUT2D eigenvalue weighted by Gasteiger charge is -2.25. The quantitative estimate of drug-likeness (QED) is 0.324. The number of rotatable bonds is 7. The highest BCUT2D eigenvalue weighted by Gasteiger charge is 2.42. The fourth-order valence-corrected chi connectivity index (χ4v) is 4.06. The van der Waals surface area contributed by atoms with E-state index >= 15 is 0 Å². The van der Waals surface area contributed by atoms with Gasteiger partial charge in [-0.3, -0.25) is 4.79 Å². The van der Waals surface area contributed by atoms with Gasteiger partial charge in [-0.25, -0.2) is 4.99 Å². The topological polar surface area (TPSA) is 75.2 Å². The van der Waals surface area contributed by atoms with Crippen LogP contribution >= 0.6 is 24.0 Å². The molecular weight excluding hydrogens is 495 g/mol. The summed E-state index contributed by atoms with van der Waals surface area (Å²) < 4.78 is 11.3. The molecule has 1 saturated carbocycles. The minimum absolute atomic E-state index is 0. The Kier molecular flexibility index (Phi) is 8.21. The first-order valence-corrected chi connectivity index (χ1v) is 10.8. The average molecular weight is 528 g/mol. The van der Waals surface area contributed by atoms with Crippen LogP contribution in [0.4, 0.5) is 0 Å². The Labute approximate surface area is 196 Å². The van der Waals surface area contributed by atoms with Gasteiger partial charge in [0.2, 0.25) is 0 Å². The standard InChI is InChI=1S/C22H32N4O3.HI/c1-2-23-21(26-10-8-22(15-26)9-11-28-16-22)24-13-17-4-3-5-19(12-17)29-14-20(27)25-18-6-7-18;/h3-5,12,18H,2,6-11,13-16H2,1H3,(H,23,24)(H,25,27);1H. The predicted molar refractivity (Wildman–Crippen MR) is 127 cm³/mol. The van der Waals surface area contributed by atoms with Crippen LogP contribution in [-0.4, -0.2) is 62.3 Å². The van der Waals surface area contributed by atoms with E-state index in [-0.39, 0.29) is 36.5 Å². The Morgan fingerprint density at radius 1 is 1.37 bits per heavy atom. The maximum atomic E-state index is 11.8. The molecule has 166 valence electrons. The predicted octanol–water partition coefficient (Wildman–Crippen LogP) is 2.54. The van der Waals surface area contributed by atoms with Crippen molar-refractivity contribution < 1.29 is 14.3 Å². The second-order valence-electron chi connectivity index (χ2n) is 8.42. The molecule has 4 rings (SSSR count). The summed E-state index contributed by atoms with van der Waals surface area (Å²) in [6, 6.07) is 8.20. The van der Waals surface area contributed by atoms with Crippen LogP contribution in [0.25, 0.3) is 0 Å². The number of halogens is 1. The van der Waals surface area contributed by atoms with Gasteiger partial charge in [0.05, 0.1) is 13.2 Å². The Morgan fingerprint density at radius 2 is 2.23 bits per heavy atom. The fourth-order valence-electron chi connectivity index (χ4n) is 4.06. The molecule has 1 aromatic rings. The van der Waals surface area contributed by atoms with Crippen LogP contribution in [-0.2, 0) is 16.1 Å². The monoisotopic (exact) mass is 528 g/mol. The first kappa shape index (κ1) is 23.1. The number of likely N-dealkylation sites (tertiary alicyclic amines) is 1. The van der Waals surface area contributed by atoms with Crippen molar-refractivity contribution in [2.24, 2.45) is 10.4 Å². The third-order valence-corrected chi connectivity index (χ3v) is 5.88. The SMILES string of the molecule is CCNC(=NCc1cccc(OCC(=O)NC2CC2)c1)N1CCC2(CCOC2)C1.I. The molecule has 2 aliphatic heterocycles. The van der Waals surface area contributed by atoms with E-state index in [1.165, 1.54) is 6.42 Å². The highest BCUT2D eigenvalue weighted by molar-refractivity contribution is 14.0. The molecule has 0 radical (unpaired) electrons. The van der Waals surface area contributed by atoms with Gasteiger partial charge in [0.25, 0.3) is 5.91 Å².